The number of carbonyl (C=O) groups excluding carboxylic acids is 2. The van der Waals surface area contributed by atoms with Crippen molar-refractivity contribution in [1.82, 2.24) is 0 Å². The first-order chi connectivity index (χ1) is 20.7. The van der Waals surface area contributed by atoms with Crippen molar-refractivity contribution in [2.75, 3.05) is 26.4 Å². The molecule has 0 amide bonds. The average Bonchev–Trinajstić information content (AvgIpc) is 2.99. The van der Waals surface area contributed by atoms with Gasteiger partial charge in [-0.15, -0.1) is 0 Å². The van der Waals surface area contributed by atoms with Crippen LogP contribution < -0.4 is 0 Å². The van der Waals surface area contributed by atoms with Crippen molar-refractivity contribution in [1.29, 1.82) is 0 Å². The van der Waals surface area contributed by atoms with Crippen molar-refractivity contribution in [2.45, 2.75) is 154 Å². The molecule has 0 radical (unpaired) electrons. The van der Waals surface area contributed by atoms with Gasteiger partial charge in [0.15, 0.2) is 6.10 Å². The molecule has 0 aliphatic heterocycles. The number of rotatable bonds is 31. The molecule has 1 unspecified atom stereocenters. The van der Waals surface area contributed by atoms with Gasteiger partial charge in [-0.25, -0.2) is 4.57 Å². The van der Waals surface area contributed by atoms with Crippen molar-refractivity contribution in [3.63, 3.8) is 0 Å². The smallest absolute Gasteiger partial charge is 0.461 e. The highest BCUT2D eigenvalue weighted by Gasteiger charge is 2.27. The number of unbranched alkanes of at least 4 members (excludes halogenated alkanes) is 16. The molecule has 0 fully saturated rings. The fourth-order valence-electron chi connectivity index (χ4n) is 4.33. The third-order valence-corrected chi connectivity index (χ3v) is 7.90. The molecule has 0 aromatic rings. The fourth-order valence-corrected chi connectivity index (χ4v) is 5.12. The minimum Gasteiger partial charge on any atom is -0.461 e. The predicted molar refractivity (Wildman–Crippen MR) is 168 cm³/mol. The Morgan fingerprint density at radius 1 is 0.698 bits per heavy atom. The van der Waals surface area contributed by atoms with Gasteiger partial charge in [-0.3, -0.25) is 18.6 Å². The van der Waals surface area contributed by atoms with Crippen LogP contribution in [0, 0.1) is 0 Å². The summed E-state index contributed by atoms with van der Waals surface area (Å²) in [5.41, 5.74) is 0. The standard InChI is InChI=1S/C32H61O10P/c1-3-5-7-9-11-12-13-14-15-16-18-20-22-24-32(36)42-30(28-41-43(37,38)40-26-29(34)25-33)27-39-31(35)23-21-19-17-10-8-6-4-2/h19,21,29-30,33-34H,3-18,20,22-28H2,1-2H3,(H,37,38)/b21-19-/t29-,30+/m0/s1. The zero-order valence-electron chi connectivity index (χ0n) is 26.9. The van der Waals surface area contributed by atoms with E-state index >= 15 is 0 Å². The Kier molecular flexibility index (Phi) is 28.5. The lowest BCUT2D eigenvalue weighted by Gasteiger charge is -2.20. The molecule has 0 spiro atoms. The van der Waals surface area contributed by atoms with E-state index in [0.717, 1.165) is 44.9 Å². The number of ether oxygens (including phenoxy) is 2. The minimum atomic E-state index is -4.60. The number of aliphatic hydroxyl groups is 2. The molecule has 43 heavy (non-hydrogen) atoms. The summed E-state index contributed by atoms with van der Waals surface area (Å²) in [6, 6.07) is 0. The van der Waals surface area contributed by atoms with Gasteiger partial charge in [0.05, 0.1) is 26.2 Å². The molecule has 0 aromatic carbocycles. The van der Waals surface area contributed by atoms with Crippen LogP contribution in [0.2, 0.25) is 0 Å². The first kappa shape index (κ1) is 41.7. The molecule has 11 heteroatoms. The van der Waals surface area contributed by atoms with Crippen molar-refractivity contribution >= 4 is 19.8 Å². The number of allylic oxidation sites excluding steroid dienone is 1. The fraction of sp³-hybridized carbons (Fsp3) is 0.875. The number of phosphoric acid groups is 1. The van der Waals surface area contributed by atoms with Crippen LogP contribution in [0.5, 0.6) is 0 Å². The van der Waals surface area contributed by atoms with Crippen molar-refractivity contribution in [3.05, 3.63) is 12.2 Å². The SMILES string of the molecule is CCCCCC/C=C\CC(=O)OC[C@H](COP(=O)(O)OC[C@@H](O)CO)OC(=O)CCCCCCCCCCCCCCC. The van der Waals surface area contributed by atoms with Gasteiger partial charge >= 0.3 is 19.8 Å². The lowest BCUT2D eigenvalue weighted by molar-refractivity contribution is -0.160. The number of phosphoric ester groups is 1. The van der Waals surface area contributed by atoms with E-state index in [1.807, 2.05) is 6.08 Å². The molecular weight excluding hydrogens is 575 g/mol. The minimum absolute atomic E-state index is 0.0644. The van der Waals surface area contributed by atoms with E-state index in [1.165, 1.54) is 64.2 Å². The molecule has 0 aliphatic rings. The maximum atomic E-state index is 12.4. The van der Waals surface area contributed by atoms with Crippen LogP contribution >= 0.6 is 7.82 Å². The van der Waals surface area contributed by atoms with Gasteiger partial charge < -0.3 is 24.6 Å². The number of hydrogen-bond donors (Lipinski definition) is 3. The third-order valence-electron chi connectivity index (χ3n) is 6.95. The number of esters is 2. The Bertz CT molecular complexity index is 746. The second-order valence-corrected chi connectivity index (χ2v) is 12.7. The summed E-state index contributed by atoms with van der Waals surface area (Å²) in [5, 5.41) is 18.2. The monoisotopic (exact) mass is 636 g/mol. The quantitative estimate of drug-likeness (QED) is 0.0306. The predicted octanol–water partition coefficient (Wildman–Crippen LogP) is 7.33. The first-order valence-electron chi connectivity index (χ1n) is 16.6. The molecular formula is C32H61O10P. The summed E-state index contributed by atoms with van der Waals surface area (Å²) < 4.78 is 32.3. The number of carbonyl (C=O) groups is 2. The Morgan fingerprint density at radius 2 is 1.21 bits per heavy atom. The van der Waals surface area contributed by atoms with Gasteiger partial charge in [0.1, 0.15) is 12.7 Å². The number of aliphatic hydroxyl groups excluding tert-OH is 2. The van der Waals surface area contributed by atoms with Crippen LogP contribution in [0.15, 0.2) is 12.2 Å². The van der Waals surface area contributed by atoms with Crippen LogP contribution in [-0.2, 0) is 32.7 Å². The largest absolute Gasteiger partial charge is 0.472 e. The molecule has 3 N–H and O–H groups in total. The Labute approximate surface area is 260 Å². The van der Waals surface area contributed by atoms with Crippen LogP contribution in [0.25, 0.3) is 0 Å². The second-order valence-electron chi connectivity index (χ2n) is 11.2. The Hall–Kier alpha value is -1.29. The highest BCUT2D eigenvalue weighted by atomic mass is 31.2. The third kappa shape index (κ3) is 29.2. The lowest BCUT2D eigenvalue weighted by atomic mass is 10.0. The van der Waals surface area contributed by atoms with Crippen molar-refractivity contribution in [2.24, 2.45) is 0 Å². The maximum absolute atomic E-state index is 12.4. The van der Waals surface area contributed by atoms with Gasteiger partial charge in [-0.1, -0.05) is 122 Å². The van der Waals surface area contributed by atoms with Crippen LogP contribution in [0.3, 0.4) is 0 Å². The first-order valence-corrected chi connectivity index (χ1v) is 18.1. The summed E-state index contributed by atoms with van der Waals surface area (Å²) in [6.45, 7) is 2.23. The van der Waals surface area contributed by atoms with Crippen molar-refractivity contribution in [3.8, 4) is 0 Å². The number of hydrogen-bond acceptors (Lipinski definition) is 9. The highest BCUT2D eigenvalue weighted by molar-refractivity contribution is 7.47. The van der Waals surface area contributed by atoms with Crippen LogP contribution in [-0.4, -0.2) is 65.7 Å². The van der Waals surface area contributed by atoms with E-state index in [4.69, 9.17) is 19.1 Å². The van der Waals surface area contributed by atoms with E-state index in [-0.39, 0.29) is 19.4 Å². The summed E-state index contributed by atoms with van der Waals surface area (Å²) in [7, 11) is -4.60. The molecule has 0 saturated carbocycles. The molecule has 0 aliphatic carbocycles. The summed E-state index contributed by atoms with van der Waals surface area (Å²) in [5.74, 6) is -1.03. The Balaban J connectivity index is 4.43. The van der Waals surface area contributed by atoms with E-state index in [2.05, 4.69) is 18.4 Å². The molecule has 10 nitrogen and oxygen atoms in total. The average molecular weight is 637 g/mol. The van der Waals surface area contributed by atoms with Gasteiger partial charge in [-0.2, -0.15) is 0 Å². The second kappa shape index (κ2) is 29.4. The topological polar surface area (TPSA) is 149 Å². The van der Waals surface area contributed by atoms with Gasteiger partial charge in [0.2, 0.25) is 0 Å². The van der Waals surface area contributed by atoms with E-state index < -0.39 is 51.8 Å². The van der Waals surface area contributed by atoms with Gasteiger partial charge in [0, 0.05) is 6.42 Å². The zero-order chi connectivity index (χ0) is 32.0. The van der Waals surface area contributed by atoms with E-state index in [1.54, 1.807) is 6.08 Å². The van der Waals surface area contributed by atoms with E-state index in [0.29, 0.717) is 6.42 Å². The molecule has 0 rings (SSSR count). The summed E-state index contributed by atoms with van der Waals surface area (Å²) in [4.78, 5) is 34.4. The molecule has 0 aromatic heterocycles. The molecule has 0 saturated heterocycles. The van der Waals surface area contributed by atoms with Crippen LogP contribution in [0.4, 0.5) is 0 Å². The molecule has 254 valence electrons. The van der Waals surface area contributed by atoms with Gasteiger partial charge in [0.25, 0.3) is 0 Å². The zero-order valence-corrected chi connectivity index (χ0v) is 27.8. The van der Waals surface area contributed by atoms with Crippen LogP contribution in [0.1, 0.15) is 142 Å². The normalized spacial score (nSPS) is 14.4. The van der Waals surface area contributed by atoms with Gasteiger partial charge in [-0.05, 0) is 19.3 Å². The lowest BCUT2D eigenvalue weighted by Crippen LogP contribution is -2.29. The maximum Gasteiger partial charge on any atom is 0.472 e. The molecule has 0 bridgehead atoms. The molecule has 0 heterocycles. The summed E-state index contributed by atoms with van der Waals surface area (Å²) in [6.07, 6.45) is 22.4. The van der Waals surface area contributed by atoms with Crippen molar-refractivity contribution < 1.29 is 47.8 Å². The highest BCUT2D eigenvalue weighted by Crippen LogP contribution is 2.43. The summed E-state index contributed by atoms with van der Waals surface area (Å²) >= 11 is 0. The van der Waals surface area contributed by atoms with E-state index in [9.17, 15) is 24.2 Å². The Morgan fingerprint density at radius 3 is 1.77 bits per heavy atom. The molecule has 3 atom stereocenters.